The van der Waals surface area contributed by atoms with Crippen LogP contribution in [0.15, 0.2) is 40.2 Å². The maximum absolute atomic E-state index is 14.7. The quantitative estimate of drug-likeness (QED) is 0.504. The van der Waals surface area contributed by atoms with Crippen molar-refractivity contribution < 1.29 is 47.1 Å². The second kappa shape index (κ2) is 9.54. The van der Waals surface area contributed by atoms with Gasteiger partial charge in [-0.15, -0.1) is 0 Å². The van der Waals surface area contributed by atoms with E-state index >= 15 is 0 Å². The first kappa shape index (κ1) is 23.5. The largest absolute Gasteiger partial charge is 1.00 e. The molecular weight excluding hydrogens is 462 g/mol. The Hall–Kier alpha value is -1.17. The van der Waals surface area contributed by atoms with Crippen LogP contribution in [0.25, 0.3) is 4.72 Å². The van der Waals surface area contributed by atoms with Crippen molar-refractivity contribution >= 4 is 38.8 Å². The maximum Gasteiger partial charge on any atom is 1.00 e. The van der Waals surface area contributed by atoms with Crippen LogP contribution in [0.3, 0.4) is 0 Å². The molecule has 0 saturated heterocycles. The molecule has 0 unspecified atom stereocenters. The summed E-state index contributed by atoms with van der Waals surface area (Å²) in [4.78, 5) is 3.18. The Morgan fingerprint density at radius 2 is 2.17 bits per heavy atom. The molecule has 0 N–H and O–H groups in total. The number of aryl methyl sites for hydroxylation is 1. The fraction of sp³-hybridized carbons (Fsp3) is 0.333. The van der Waals surface area contributed by atoms with E-state index < -0.39 is 20.7 Å². The van der Waals surface area contributed by atoms with E-state index in [0.717, 1.165) is 37.1 Å². The van der Waals surface area contributed by atoms with Crippen molar-refractivity contribution in [3.63, 3.8) is 0 Å². The molecule has 12 heteroatoms. The first-order chi connectivity index (χ1) is 13.8. The van der Waals surface area contributed by atoms with Crippen molar-refractivity contribution in [2.75, 3.05) is 0 Å². The minimum atomic E-state index is -4.29. The number of aromatic nitrogens is 3. The Balaban J connectivity index is 0.00000256. The third-order valence-electron chi connectivity index (χ3n) is 4.87. The molecule has 0 amide bonds. The minimum absolute atomic E-state index is 0. The molecule has 2 atom stereocenters. The number of rotatable bonds is 6. The van der Waals surface area contributed by atoms with E-state index in [1.54, 1.807) is 10.9 Å². The third kappa shape index (κ3) is 4.84. The topological polar surface area (TPSA) is 88.2 Å². The second-order valence-corrected chi connectivity index (χ2v) is 9.40. The fourth-order valence-corrected chi connectivity index (χ4v) is 5.36. The molecule has 3 aromatic rings. The van der Waals surface area contributed by atoms with Gasteiger partial charge in [0.1, 0.15) is 22.6 Å². The molecule has 30 heavy (non-hydrogen) atoms. The van der Waals surface area contributed by atoms with Crippen LogP contribution >= 0.6 is 22.9 Å². The van der Waals surface area contributed by atoms with Crippen LogP contribution in [0.5, 0.6) is 5.75 Å². The van der Waals surface area contributed by atoms with Gasteiger partial charge in [0.15, 0.2) is 0 Å². The van der Waals surface area contributed by atoms with Crippen molar-refractivity contribution in [1.82, 2.24) is 14.8 Å². The summed E-state index contributed by atoms with van der Waals surface area (Å²) < 4.78 is 50.8. The molecule has 2 heterocycles. The molecule has 1 saturated carbocycles. The normalized spacial score (nSPS) is 18.8. The molecular formula is C18H17ClFN4NaO3S2. The summed E-state index contributed by atoms with van der Waals surface area (Å²) in [5.41, 5.74) is 2.47. The molecule has 1 fully saturated rings. The third-order valence-corrected chi connectivity index (χ3v) is 7.03. The summed E-state index contributed by atoms with van der Waals surface area (Å²) in [5, 5.41) is 5.66. The van der Waals surface area contributed by atoms with Crippen molar-refractivity contribution in [1.29, 1.82) is 0 Å². The molecule has 0 radical (unpaired) electrons. The van der Waals surface area contributed by atoms with Gasteiger partial charge < -0.3 is 14.4 Å². The van der Waals surface area contributed by atoms with Gasteiger partial charge in [-0.05, 0) is 48.1 Å². The zero-order valence-corrected chi connectivity index (χ0v) is 20.7. The molecule has 4 rings (SSSR count). The van der Waals surface area contributed by atoms with Gasteiger partial charge in [-0.2, -0.15) is 16.4 Å². The van der Waals surface area contributed by atoms with Crippen molar-refractivity contribution in [3.05, 3.63) is 56.5 Å². The molecule has 1 aliphatic rings. The molecule has 7 nitrogen and oxygen atoms in total. The smallest absolute Gasteiger partial charge is 0.488 e. The average molecular weight is 479 g/mol. The predicted molar refractivity (Wildman–Crippen MR) is 108 cm³/mol. The Morgan fingerprint density at radius 1 is 1.37 bits per heavy atom. The molecule has 0 spiro atoms. The van der Waals surface area contributed by atoms with Crippen LogP contribution in [0.1, 0.15) is 30.9 Å². The monoisotopic (exact) mass is 478 g/mol. The van der Waals surface area contributed by atoms with Gasteiger partial charge in [-0.25, -0.2) is 12.8 Å². The van der Waals surface area contributed by atoms with E-state index in [9.17, 15) is 12.8 Å². The van der Waals surface area contributed by atoms with Crippen LogP contribution in [-0.4, -0.2) is 29.3 Å². The number of nitrogens with zero attached hydrogens (tertiary/aromatic N) is 4. The summed E-state index contributed by atoms with van der Waals surface area (Å²) in [6, 6.07) is 3.97. The van der Waals surface area contributed by atoms with E-state index in [4.69, 9.17) is 16.3 Å². The number of hydrogen-bond acceptors (Lipinski definition) is 6. The summed E-state index contributed by atoms with van der Waals surface area (Å²) in [6.07, 6.45) is 4.18. The van der Waals surface area contributed by atoms with E-state index in [2.05, 4.69) is 14.8 Å². The van der Waals surface area contributed by atoms with Crippen molar-refractivity contribution in [3.8, 4) is 5.75 Å². The summed E-state index contributed by atoms with van der Waals surface area (Å²) >= 11 is 7.43. The minimum Gasteiger partial charge on any atom is -0.488 e. The SMILES string of the molecule is Cn1nccc1[C@H]1CCC[C@@H]1Oc1cc(F)c(S(=O)(=O)[N-]c2cscn2)cc1Cl.[Na+]. The van der Waals surface area contributed by atoms with Crippen LogP contribution in [0.2, 0.25) is 5.02 Å². The second-order valence-electron chi connectivity index (χ2n) is 6.70. The number of ether oxygens (including phenoxy) is 1. The number of hydrogen-bond donors (Lipinski definition) is 0. The zero-order chi connectivity index (χ0) is 20.6. The summed E-state index contributed by atoms with van der Waals surface area (Å²) in [7, 11) is -2.43. The number of benzene rings is 1. The first-order valence-electron chi connectivity index (χ1n) is 8.85. The van der Waals surface area contributed by atoms with Crippen LogP contribution in [-0.2, 0) is 17.1 Å². The van der Waals surface area contributed by atoms with Gasteiger partial charge >= 0.3 is 29.6 Å². The molecule has 0 bridgehead atoms. The zero-order valence-electron chi connectivity index (χ0n) is 16.3. The molecule has 1 aromatic carbocycles. The van der Waals surface area contributed by atoms with Gasteiger partial charge in [0, 0.05) is 30.9 Å². The van der Waals surface area contributed by atoms with Gasteiger partial charge in [0.05, 0.1) is 5.02 Å². The summed E-state index contributed by atoms with van der Waals surface area (Å²) in [6.45, 7) is 0. The van der Waals surface area contributed by atoms with Crippen LogP contribution < -0.4 is 34.3 Å². The first-order valence-corrected chi connectivity index (χ1v) is 11.6. The Kier molecular flexibility index (Phi) is 7.47. The number of thiazole rings is 1. The van der Waals surface area contributed by atoms with E-state index in [1.807, 2.05) is 13.1 Å². The van der Waals surface area contributed by atoms with Crippen LogP contribution in [0, 0.1) is 5.82 Å². The molecule has 2 aromatic heterocycles. The van der Waals surface area contributed by atoms with Crippen molar-refractivity contribution in [2.24, 2.45) is 7.05 Å². The van der Waals surface area contributed by atoms with E-state index in [0.29, 0.717) is 0 Å². The van der Waals surface area contributed by atoms with Crippen LogP contribution in [0.4, 0.5) is 10.2 Å². The van der Waals surface area contributed by atoms with Gasteiger partial charge in [-0.3, -0.25) is 4.68 Å². The molecule has 1 aliphatic carbocycles. The Labute approximate surface area is 205 Å². The van der Waals surface area contributed by atoms with Crippen molar-refractivity contribution in [2.45, 2.75) is 36.2 Å². The number of sulfonamides is 1. The predicted octanol–water partition coefficient (Wildman–Crippen LogP) is 1.78. The number of halogens is 2. The van der Waals surface area contributed by atoms with Gasteiger partial charge in [-0.1, -0.05) is 11.6 Å². The molecule has 0 aliphatic heterocycles. The average Bonchev–Trinajstić information content (AvgIpc) is 3.40. The Bertz CT molecular complexity index is 1120. The van der Waals surface area contributed by atoms with E-state index in [1.165, 1.54) is 22.2 Å². The fourth-order valence-electron chi connectivity index (χ4n) is 3.54. The maximum atomic E-state index is 14.7. The van der Waals surface area contributed by atoms with Gasteiger partial charge in [0.25, 0.3) is 0 Å². The van der Waals surface area contributed by atoms with E-state index in [-0.39, 0.29) is 58.2 Å². The standard InChI is InChI=1S/C18H17ClFN4O3S2.Na/c1-24-14(5-6-22-24)11-3-2-4-15(11)27-16-8-13(20)17(7-12(16)19)29(25,26)23-18-9-28-10-21-18;/h5-11,15H,2-4H2,1H3;/q-1;+1/t11-,15+;/m1./s1. The Morgan fingerprint density at radius 3 is 2.83 bits per heavy atom. The summed E-state index contributed by atoms with van der Waals surface area (Å²) in [5.74, 6) is -0.769. The van der Waals surface area contributed by atoms with Gasteiger partial charge in [0.2, 0.25) is 10.0 Å². The molecule has 154 valence electrons.